The van der Waals surface area contributed by atoms with Gasteiger partial charge < -0.3 is 28.8 Å². The van der Waals surface area contributed by atoms with Crippen LogP contribution in [0.5, 0.6) is 0 Å². The molecule has 0 bridgehead atoms. The fourth-order valence-electron chi connectivity index (χ4n) is 1.79. The molecule has 0 rings (SSSR count). The number of hydrogen-bond donors (Lipinski definition) is 1. The molecule has 0 fully saturated rings. The summed E-state index contributed by atoms with van der Waals surface area (Å²) in [5.41, 5.74) is -1.51. The third-order valence-electron chi connectivity index (χ3n) is 4.07. The summed E-state index contributed by atoms with van der Waals surface area (Å²) in [5.74, 6) is -2.74. The van der Waals surface area contributed by atoms with E-state index in [0.29, 0.717) is 13.2 Å². The standard InChI is InChI=1S/C13H20Br2O6.C10H19BrO4/c1-11(2,14)9(18)20-6-13(5,8(16)17)7-21-10(19)12(3,4)15;1-5-13-8(14-6-2)7-15-9(12)10(3,4)11/h6-7H2,1-5H3,(H,16,17);8H,5-7H2,1-4H3. The van der Waals surface area contributed by atoms with Gasteiger partial charge in [0.1, 0.15) is 38.2 Å². The Labute approximate surface area is 238 Å². The lowest BCUT2D eigenvalue weighted by Gasteiger charge is -2.26. The molecule has 0 spiro atoms. The van der Waals surface area contributed by atoms with E-state index in [0.717, 1.165) is 0 Å². The molecule has 0 aromatic carbocycles. The maximum absolute atomic E-state index is 11.7. The molecule has 13 heteroatoms. The number of rotatable bonds is 14. The molecule has 0 radical (unpaired) electrons. The van der Waals surface area contributed by atoms with Gasteiger partial charge in [-0.15, -0.1) is 0 Å². The van der Waals surface area contributed by atoms with Crippen LogP contribution in [0.4, 0.5) is 0 Å². The number of hydrogen-bond acceptors (Lipinski definition) is 9. The second-order valence-electron chi connectivity index (χ2n) is 9.37. The molecular weight excluding hydrogens is 676 g/mol. The summed E-state index contributed by atoms with van der Waals surface area (Å²) in [6.45, 7) is 15.2. The molecule has 0 saturated heterocycles. The van der Waals surface area contributed by atoms with Crippen molar-refractivity contribution in [2.24, 2.45) is 5.41 Å². The van der Waals surface area contributed by atoms with Gasteiger partial charge in [0.15, 0.2) is 6.29 Å². The van der Waals surface area contributed by atoms with Crippen molar-refractivity contribution in [3.63, 3.8) is 0 Å². The highest BCUT2D eigenvalue weighted by molar-refractivity contribution is 9.10. The van der Waals surface area contributed by atoms with E-state index in [-0.39, 0.29) is 12.6 Å². The Morgan fingerprint density at radius 1 is 0.667 bits per heavy atom. The van der Waals surface area contributed by atoms with Gasteiger partial charge in [-0.3, -0.25) is 19.2 Å². The number of aliphatic carboxylic acids is 1. The van der Waals surface area contributed by atoms with Crippen molar-refractivity contribution in [1.29, 1.82) is 0 Å². The molecule has 1 N–H and O–H groups in total. The van der Waals surface area contributed by atoms with E-state index in [1.165, 1.54) is 6.92 Å². The molecule has 10 nitrogen and oxygen atoms in total. The molecule has 36 heavy (non-hydrogen) atoms. The Hall–Kier alpha value is -0.760. The van der Waals surface area contributed by atoms with Crippen LogP contribution in [0.25, 0.3) is 0 Å². The summed E-state index contributed by atoms with van der Waals surface area (Å²) >= 11 is 9.46. The van der Waals surface area contributed by atoms with Crippen LogP contribution in [0.2, 0.25) is 0 Å². The fourth-order valence-corrected chi connectivity index (χ4v) is 2.13. The lowest BCUT2D eigenvalue weighted by Crippen LogP contribution is -2.42. The molecule has 0 amide bonds. The van der Waals surface area contributed by atoms with Crippen molar-refractivity contribution in [3.05, 3.63) is 0 Å². The summed E-state index contributed by atoms with van der Waals surface area (Å²) in [4.78, 5) is 46.0. The molecule has 0 unspecified atom stereocenters. The van der Waals surface area contributed by atoms with Crippen LogP contribution in [0.1, 0.15) is 62.3 Å². The summed E-state index contributed by atoms with van der Waals surface area (Å²) in [6.07, 6.45) is -0.473. The van der Waals surface area contributed by atoms with Gasteiger partial charge in [0.2, 0.25) is 0 Å². The third-order valence-corrected chi connectivity index (χ3v) is 5.04. The summed E-state index contributed by atoms with van der Waals surface area (Å²) in [5, 5.41) is 9.26. The molecule has 0 atom stereocenters. The average molecular weight is 715 g/mol. The summed E-state index contributed by atoms with van der Waals surface area (Å²) in [6, 6.07) is 0. The zero-order chi connectivity index (χ0) is 29.0. The third kappa shape index (κ3) is 16.2. The highest BCUT2D eigenvalue weighted by atomic mass is 79.9. The summed E-state index contributed by atoms with van der Waals surface area (Å²) < 4.78 is 23.0. The van der Waals surface area contributed by atoms with Gasteiger partial charge in [0.05, 0.1) is 0 Å². The first-order valence-corrected chi connectivity index (χ1v) is 13.5. The number of carboxylic acids is 1. The highest BCUT2D eigenvalue weighted by Gasteiger charge is 2.39. The van der Waals surface area contributed by atoms with Gasteiger partial charge in [-0.25, -0.2) is 0 Å². The maximum atomic E-state index is 11.7. The van der Waals surface area contributed by atoms with E-state index in [9.17, 15) is 24.3 Å². The quantitative estimate of drug-likeness (QED) is 0.118. The minimum atomic E-state index is -1.51. The number of halogens is 3. The van der Waals surface area contributed by atoms with Crippen LogP contribution in [0.3, 0.4) is 0 Å². The van der Waals surface area contributed by atoms with E-state index in [2.05, 4.69) is 47.8 Å². The number of carboxylic acid groups (broad SMARTS) is 1. The average Bonchev–Trinajstić information content (AvgIpc) is 2.72. The van der Waals surface area contributed by atoms with Gasteiger partial charge >= 0.3 is 23.9 Å². The molecule has 212 valence electrons. The van der Waals surface area contributed by atoms with Crippen molar-refractivity contribution in [2.75, 3.05) is 33.0 Å². The predicted octanol–water partition coefficient (Wildman–Crippen LogP) is 4.61. The lowest BCUT2D eigenvalue weighted by atomic mass is 9.93. The molecule has 0 aliphatic carbocycles. The van der Waals surface area contributed by atoms with Gasteiger partial charge in [-0.2, -0.15) is 0 Å². The normalized spacial score (nSPS) is 12.4. The molecule has 0 aliphatic heterocycles. The smallest absolute Gasteiger partial charge is 0.322 e. The van der Waals surface area contributed by atoms with E-state index < -0.39 is 55.8 Å². The van der Waals surface area contributed by atoms with E-state index in [1.54, 1.807) is 41.5 Å². The van der Waals surface area contributed by atoms with E-state index in [4.69, 9.17) is 23.7 Å². The minimum absolute atomic E-state index is 0.121. The Balaban J connectivity index is 0. The number of carbonyl (C=O) groups excluding carboxylic acids is 3. The Bertz CT molecular complexity index is 685. The second-order valence-corrected chi connectivity index (χ2v) is 15.3. The first-order chi connectivity index (χ1) is 16.1. The largest absolute Gasteiger partial charge is 0.481 e. The number of carbonyl (C=O) groups is 4. The molecule has 0 saturated carbocycles. The predicted molar refractivity (Wildman–Crippen MR) is 145 cm³/mol. The van der Waals surface area contributed by atoms with Gasteiger partial charge in [-0.1, -0.05) is 47.8 Å². The van der Waals surface area contributed by atoms with Crippen LogP contribution >= 0.6 is 47.8 Å². The fraction of sp³-hybridized carbons (Fsp3) is 0.826. The summed E-state index contributed by atoms with van der Waals surface area (Å²) in [7, 11) is 0. The Kier molecular flexibility index (Phi) is 16.9. The highest BCUT2D eigenvalue weighted by Crippen LogP contribution is 2.24. The zero-order valence-corrected chi connectivity index (χ0v) is 27.1. The Morgan fingerprint density at radius 2 is 0.972 bits per heavy atom. The number of ether oxygens (including phenoxy) is 5. The monoisotopic (exact) mass is 712 g/mol. The maximum Gasteiger partial charge on any atom is 0.322 e. The van der Waals surface area contributed by atoms with Crippen LogP contribution in [-0.4, -0.2) is 81.3 Å². The lowest BCUT2D eigenvalue weighted by molar-refractivity contribution is -0.180. The molecule has 0 heterocycles. The number of alkyl halides is 3. The van der Waals surface area contributed by atoms with Gasteiger partial charge in [0, 0.05) is 13.2 Å². The van der Waals surface area contributed by atoms with Crippen molar-refractivity contribution >= 4 is 71.7 Å². The first-order valence-electron chi connectivity index (χ1n) is 11.2. The van der Waals surface area contributed by atoms with Gasteiger partial charge in [-0.05, 0) is 62.3 Å². The van der Waals surface area contributed by atoms with Crippen molar-refractivity contribution in [2.45, 2.75) is 81.6 Å². The van der Waals surface area contributed by atoms with Crippen molar-refractivity contribution in [1.82, 2.24) is 0 Å². The first kappa shape index (κ1) is 37.4. The Morgan fingerprint density at radius 3 is 1.22 bits per heavy atom. The van der Waals surface area contributed by atoms with Crippen molar-refractivity contribution < 1.29 is 48.0 Å². The minimum Gasteiger partial charge on any atom is -0.481 e. The topological polar surface area (TPSA) is 135 Å². The van der Waals surface area contributed by atoms with E-state index >= 15 is 0 Å². The number of esters is 3. The van der Waals surface area contributed by atoms with Crippen LogP contribution in [0.15, 0.2) is 0 Å². The van der Waals surface area contributed by atoms with Crippen LogP contribution in [0, 0.1) is 5.41 Å². The molecule has 0 aromatic rings. The molecular formula is C23H39Br3O10. The van der Waals surface area contributed by atoms with Crippen LogP contribution < -0.4 is 0 Å². The molecule has 0 aliphatic rings. The molecule has 0 aromatic heterocycles. The zero-order valence-electron chi connectivity index (χ0n) is 22.4. The van der Waals surface area contributed by atoms with Crippen LogP contribution in [-0.2, 0) is 42.9 Å². The van der Waals surface area contributed by atoms with Gasteiger partial charge in [0.25, 0.3) is 0 Å². The second kappa shape index (κ2) is 16.3. The van der Waals surface area contributed by atoms with E-state index in [1.807, 2.05) is 13.8 Å². The SMILES string of the molecule is CC(C)(Br)C(=O)OCC(C)(COC(=O)C(C)(C)Br)C(=O)O.CCOC(COC(=O)C(C)(C)Br)OCC. The van der Waals surface area contributed by atoms with Crippen molar-refractivity contribution in [3.8, 4) is 0 Å².